The average molecular weight is 412 g/mol. The van der Waals surface area contributed by atoms with Crippen LogP contribution in [0, 0.1) is 11.8 Å². The van der Waals surface area contributed by atoms with E-state index in [1.807, 2.05) is 42.5 Å². The fourth-order valence-corrected chi connectivity index (χ4v) is 5.47. The van der Waals surface area contributed by atoms with Gasteiger partial charge in [-0.15, -0.1) is 6.58 Å². The van der Waals surface area contributed by atoms with Crippen LogP contribution in [-0.4, -0.2) is 39.1 Å². The van der Waals surface area contributed by atoms with Gasteiger partial charge in [-0.2, -0.15) is 0 Å². The third kappa shape index (κ3) is 3.08. The topological polar surface area (TPSA) is 62.4 Å². The number of benzene rings is 2. The maximum atomic E-state index is 11.5. The quantitative estimate of drug-likeness (QED) is 0.480. The molecule has 31 heavy (non-hydrogen) atoms. The number of nitrogens with zero attached hydrogens (tertiary/aromatic N) is 3. The lowest BCUT2D eigenvalue weighted by molar-refractivity contribution is -0.0444. The Balaban J connectivity index is 1.39. The van der Waals surface area contributed by atoms with E-state index in [9.17, 15) is 5.11 Å². The Morgan fingerprint density at radius 1 is 1.16 bits per heavy atom. The molecular weight excluding hydrogens is 386 g/mol. The summed E-state index contributed by atoms with van der Waals surface area (Å²) in [5.41, 5.74) is 4.30. The number of rotatable bonds is 4. The molecule has 4 unspecified atom stereocenters. The molecule has 156 valence electrons. The van der Waals surface area contributed by atoms with Crippen molar-refractivity contribution in [2.75, 3.05) is 13.1 Å². The standard InChI is InChI=1S/C26H25N3O2/c1-2-16-15-29-12-10-17(16)14-23(29)25(30)19-9-11-27-21-8-7-18(13-20(19)21)26-28-22-5-3-4-6-24(22)31-26/h2-9,11,13,16-17,23,25,30H,1,10,12,14-15H2/t16?,17?,23?,25-/m1/s1. The van der Waals surface area contributed by atoms with Gasteiger partial charge in [-0.05, 0) is 73.2 Å². The zero-order valence-electron chi connectivity index (χ0n) is 17.3. The molecule has 1 N–H and O–H groups in total. The molecule has 0 saturated carbocycles. The normalized spacial score (nSPS) is 26.4. The van der Waals surface area contributed by atoms with E-state index in [2.05, 4.69) is 33.6 Å². The van der Waals surface area contributed by atoms with Crippen LogP contribution in [0.5, 0.6) is 0 Å². The molecular formula is C26H25N3O2. The Morgan fingerprint density at radius 2 is 2.06 bits per heavy atom. The molecule has 0 aliphatic carbocycles. The Kier molecular flexibility index (Phi) is 4.40. The number of piperidine rings is 3. The van der Waals surface area contributed by atoms with Gasteiger partial charge in [0.2, 0.25) is 5.89 Å². The molecule has 3 fully saturated rings. The Hall–Kier alpha value is -3.02. The Bertz CT molecular complexity index is 1250. The highest BCUT2D eigenvalue weighted by molar-refractivity contribution is 5.87. The number of pyridine rings is 1. The second-order valence-electron chi connectivity index (χ2n) is 8.81. The second kappa shape index (κ2) is 7.29. The van der Waals surface area contributed by atoms with Crippen LogP contribution >= 0.6 is 0 Å². The SMILES string of the molecule is C=CC1CN2CCC1CC2[C@H](O)c1ccnc2ccc(-c3nc4ccccc4o3)cc12. The van der Waals surface area contributed by atoms with Crippen LogP contribution in [0.3, 0.4) is 0 Å². The van der Waals surface area contributed by atoms with Crippen molar-refractivity contribution in [2.24, 2.45) is 11.8 Å². The summed E-state index contributed by atoms with van der Waals surface area (Å²) in [7, 11) is 0. The van der Waals surface area contributed by atoms with Crippen LogP contribution in [-0.2, 0) is 0 Å². The molecule has 5 heteroatoms. The molecule has 0 radical (unpaired) electrons. The van der Waals surface area contributed by atoms with Gasteiger partial charge in [0, 0.05) is 29.7 Å². The molecule has 2 bridgehead atoms. The van der Waals surface area contributed by atoms with Crippen molar-refractivity contribution in [3.63, 3.8) is 0 Å². The summed E-state index contributed by atoms with van der Waals surface area (Å²) in [6.45, 7) is 6.06. The molecule has 0 spiro atoms. The summed E-state index contributed by atoms with van der Waals surface area (Å²) >= 11 is 0. The van der Waals surface area contributed by atoms with Gasteiger partial charge in [0.05, 0.1) is 11.6 Å². The lowest BCUT2D eigenvalue weighted by atomic mass is 9.73. The molecule has 7 rings (SSSR count). The zero-order chi connectivity index (χ0) is 20.9. The van der Waals surface area contributed by atoms with Crippen molar-refractivity contribution in [2.45, 2.75) is 25.0 Å². The van der Waals surface area contributed by atoms with Crippen molar-refractivity contribution < 1.29 is 9.52 Å². The predicted octanol–water partition coefficient (Wildman–Crippen LogP) is 4.97. The predicted molar refractivity (Wildman–Crippen MR) is 121 cm³/mol. The molecule has 3 aliphatic rings. The lowest BCUT2D eigenvalue weighted by Crippen LogP contribution is -2.54. The van der Waals surface area contributed by atoms with E-state index in [1.165, 1.54) is 6.42 Å². The minimum atomic E-state index is -0.557. The smallest absolute Gasteiger partial charge is 0.227 e. The van der Waals surface area contributed by atoms with E-state index in [0.29, 0.717) is 17.7 Å². The van der Waals surface area contributed by atoms with Crippen molar-refractivity contribution in [1.82, 2.24) is 14.9 Å². The van der Waals surface area contributed by atoms with Crippen LogP contribution in [0.15, 0.2) is 71.8 Å². The third-order valence-corrected chi connectivity index (χ3v) is 7.15. The number of aliphatic hydroxyl groups excluding tert-OH is 1. The van der Waals surface area contributed by atoms with Gasteiger partial charge in [0.25, 0.3) is 0 Å². The van der Waals surface area contributed by atoms with Crippen LogP contribution in [0.25, 0.3) is 33.5 Å². The minimum absolute atomic E-state index is 0.133. The van der Waals surface area contributed by atoms with Gasteiger partial charge in [0.1, 0.15) is 5.52 Å². The zero-order valence-corrected chi connectivity index (χ0v) is 17.3. The summed E-state index contributed by atoms with van der Waals surface area (Å²) < 4.78 is 5.97. The number of para-hydroxylation sites is 2. The van der Waals surface area contributed by atoms with Crippen LogP contribution < -0.4 is 0 Å². The van der Waals surface area contributed by atoms with Gasteiger partial charge in [-0.1, -0.05) is 18.2 Å². The van der Waals surface area contributed by atoms with Crippen molar-refractivity contribution >= 4 is 22.0 Å². The summed E-state index contributed by atoms with van der Waals surface area (Å²) in [6.07, 6.45) is 5.53. The first kappa shape index (κ1) is 18.7. The van der Waals surface area contributed by atoms with Gasteiger partial charge in [-0.3, -0.25) is 9.88 Å². The highest BCUT2D eigenvalue weighted by Crippen LogP contribution is 2.42. The fraction of sp³-hybridized carbons (Fsp3) is 0.308. The molecule has 3 aliphatic heterocycles. The number of oxazole rings is 1. The van der Waals surface area contributed by atoms with Gasteiger partial charge < -0.3 is 9.52 Å². The van der Waals surface area contributed by atoms with Gasteiger partial charge in [0.15, 0.2) is 5.58 Å². The maximum Gasteiger partial charge on any atom is 0.227 e. The second-order valence-corrected chi connectivity index (χ2v) is 8.81. The first-order valence-corrected chi connectivity index (χ1v) is 11.0. The highest BCUT2D eigenvalue weighted by Gasteiger charge is 2.42. The van der Waals surface area contributed by atoms with Crippen LogP contribution in [0.1, 0.15) is 24.5 Å². The average Bonchev–Trinajstić information content (AvgIpc) is 3.27. The summed E-state index contributed by atoms with van der Waals surface area (Å²) in [6, 6.07) is 15.9. The van der Waals surface area contributed by atoms with E-state index in [4.69, 9.17) is 4.42 Å². The first-order valence-electron chi connectivity index (χ1n) is 11.0. The molecule has 2 aromatic carbocycles. The number of hydrogen-bond donors (Lipinski definition) is 1. The molecule has 3 saturated heterocycles. The van der Waals surface area contributed by atoms with Gasteiger partial charge >= 0.3 is 0 Å². The first-order chi connectivity index (χ1) is 15.2. The third-order valence-electron chi connectivity index (χ3n) is 7.15. The summed E-state index contributed by atoms with van der Waals surface area (Å²) in [5.74, 6) is 1.74. The van der Waals surface area contributed by atoms with Crippen molar-refractivity contribution in [3.8, 4) is 11.5 Å². The Morgan fingerprint density at radius 3 is 2.87 bits per heavy atom. The molecule has 5 atom stereocenters. The van der Waals surface area contributed by atoms with Crippen molar-refractivity contribution in [1.29, 1.82) is 0 Å². The van der Waals surface area contributed by atoms with E-state index < -0.39 is 6.10 Å². The molecule has 4 aromatic rings. The van der Waals surface area contributed by atoms with E-state index in [0.717, 1.165) is 52.6 Å². The number of aliphatic hydroxyl groups is 1. The lowest BCUT2D eigenvalue weighted by Gasteiger charge is -2.50. The largest absolute Gasteiger partial charge is 0.436 e. The summed E-state index contributed by atoms with van der Waals surface area (Å²) in [4.78, 5) is 11.6. The van der Waals surface area contributed by atoms with E-state index in [1.54, 1.807) is 6.20 Å². The Labute approximate surface area is 181 Å². The van der Waals surface area contributed by atoms with E-state index in [-0.39, 0.29) is 6.04 Å². The van der Waals surface area contributed by atoms with Crippen molar-refractivity contribution in [3.05, 3.63) is 72.9 Å². The van der Waals surface area contributed by atoms with Gasteiger partial charge in [-0.25, -0.2) is 4.98 Å². The van der Waals surface area contributed by atoms with Crippen LogP contribution in [0.2, 0.25) is 0 Å². The number of fused-ring (bicyclic) bond motifs is 5. The molecule has 5 heterocycles. The number of hydrogen-bond acceptors (Lipinski definition) is 5. The molecule has 5 nitrogen and oxygen atoms in total. The van der Waals surface area contributed by atoms with E-state index >= 15 is 0 Å². The molecule has 2 aromatic heterocycles. The summed E-state index contributed by atoms with van der Waals surface area (Å²) in [5, 5.41) is 12.4. The maximum absolute atomic E-state index is 11.5. The van der Waals surface area contributed by atoms with Crippen LogP contribution in [0.4, 0.5) is 0 Å². The monoisotopic (exact) mass is 411 g/mol. The number of aromatic nitrogens is 2. The fourth-order valence-electron chi connectivity index (χ4n) is 5.47. The highest BCUT2D eigenvalue weighted by atomic mass is 16.3. The molecule has 0 amide bonds. The minimum Gasteiger partial charge on any atom is -0.436 e.